The first-order chi connectivity index (χ1) is 16.6. The third-order valence-corrected chi connectivity index (χ3v) is 8.97. The molecule has 36 heavy (non-hydrogen) atoms. The number of rotatable bonds is 8. The van der Waals surface area contributed by atoms with Gasteiger partial charge in [-0.15, -0.1) is 0 Å². The Balaban J connectivity index is 4.75. The summed E-state index contributed by atoms with van der Waals surface area (Å²) in [4.78, 5) is 0. The first-order valence-electron chi connectivity index (χ1n) is 8.62. The normalized spacial score (nSPS) is 17.2. The highest BCUT2D eigenvalue weighted by atomic mass is 32.4. The lowest BCUT2D eigenvalue weighted by molar-refractivity contribution is 0.384. The largest absolute Gasteiger partial charge is 0.243 e. The van der Waals surface area contributed by atoms with Gasteiger partial charge in [-0.05, 0) is 6.92 Å². The van der Waals surface area contributed by atoms with Gasteiger partial charge < -0.3 is 0 Å². The molecule has 1 rings (SSSR count). The van der Waals surface area contributed by atoms with Crippen LogP contribution in [0.1, 0.15) is 6.92 Å². The van der Waals surface area contributed by atoms with E-state index in [9.17, 15) is 65.9 Å². The van der Waals surface area contributed by atoms with Gasteiger partial charge in [-0.2, -0.15) is 0 Å². The molecule has 1 atom stereocenters. The molecule has 0 spiro atoms. The van der Waals surface area contributed by atoms with E-state index in [-0.39, 0.29) is 6.92 Å². The SMILES string of the molecule is C\C(F)=C(/C(F)=C(F)\C(F)=C\F)P(=S)(C(=C(\F)CF)/C(F)=C(/F)CF)c1c(F)c(F)c(F)c(F)c1F. The van der Waals surface area contributed by atoms with E-state index >= 15 is 0 Å². The first-order valence-corrected chi connectivity index (χ1v) is 11.4. The van der Waals surface area contributed by atoms with Crippen LogP contribution >= 0.6 is 6.04 Å². The third-order valence-electron chi connectivity index (χ3n) is 4.10. The minimum absolute atomic E-state index is 0.0234. The molecular formula is C19H8F15PS. The van der Waals surface area contributed by atoms with Gasteiger partial charge in [-0.25, -0.2) is 65.9 Å². The summed E-state index contributed by atoms with van der Waals surface area (Å²) in [5, 5.41) is -7.97. The summed E-state index contributed by atoms with van der Waals surface area (Å²) in [5.74, 6) is -35.3. The lowest BCUT2D eigenvalue weighted by Crippen LogP contribution is -2.24. The zero-order valence-electron chi connectivity index (χ0n) is 17.0. The summed E-state index contributed by atoms with van der Waals surface area (Å²) >= 11 is 4.50. The quantitative estimate of drug-likeness (QED) is 0.0968. The second-order valence-electron chi connectivity index (χ2n) is 6.23. The Kier molecular flexibility index (Phi) is 10.7. The molecule has 0 aliphatic rings. The van der Waals surface area contributed by atoms with Crippen LogP contribution in [0.5, 0.6) is 0 Å². The van der Waals surface area contributed by atoms with Crippen molar-refractivity contribution in [1.29, 1.82) is 0 Å². The topological polar surface area (TPSA) is 0 Å². The maximum absolute atomic E-state index is 14.8. The van der Waals surface area contributed by atoms with Crippen LogP contribution in [0.15, 0.2) is 57.7 Å². The number of halogens is 15. The average Bonchev–Trinajstić information content (AvgIpc) is 2.84. The molecule has 1 unspecified atom stereocenters. The molecular weight excluding hydrogens is 576 g/mol. The van der Waals surface area contributed by atoms with Crippen molar-refractivity contribution < 1.29 is 65.9 Å². The fourth-order valence-electron chi connectivity index (χ4n) is 2.65. The predicted octanol–water partition coefficient (Wildman–Crippen LogP) is 8.89. The molecule has 200 valence electrons. The summed E-state index contributed by atoms with van der Waals surface area (Å²) in [7, 11) is 0. The average molecular weight is 584 g/mol. The van der Waals surface area contributed by atoms with Crippen LogP contribution < -0.4 is 5.30 Å². The van der Waals surface area contributed by atoms with Crippen LogP contribution in [0.2, 0.25) is 0 Å². The minimum atomic E-state index is -6.48. The van der Waals surface area contributed by atoms with Gasteiger partial charge in [0.1, 0.15) is 31.3 Å². The highest BCUT2D eigenvalue weighted by Crippen LogP contribution is 2.68. The van der Waals surface area contributed by atoms with Gasteiger partial charge in [0.05, 0.1) is 22.0 Å². The van der Waals surface area contributed by atoms with Crippen LogP contribution in [-0.2, 0) is 11.8 Å². The van der Waals surface area contributed by atoms with E-state index in [1.807, 2.05) is 0 Å². The molecule has 17 heteroatoms. The molecule has 0 aliphatic carbocycles. The Hall–Kier alpha value is -2.48. The van der Waals surface area contributed by atoms with Crippen LogP contribution in [0.25, 0.3) is 0 Å². The van der Waals surface area contributed by atoms with Crippen molar-refractivity contribution >= 4 is 23.1 Å². The molecule has 0 nitrogen and oxygen atoms in total. The van der Waals surface area contributed by atoms with Gasteiger partial charge in [0, 0.05) is 0 Å². The van der Waals surface area contributed by atoms with Crippen LogP contribution in [0, 0.1) is 29.1 Å². The number of allylic oxidation sites excluding steroid dienone is 9. The van der Waals surface area contributed by atoms with E-state index in [1.54, 1.807) is 0 Å². The van der Waals surface area contributed by atoms with Crippen molar-refractivity contribution in [3.8, 4) is 0 Å². The molecule has 0 bridgehead atoms. The van der Waals surface area contributed by atoms with Crippen molar-refractivity contribution in [3.63, 3.8) is 0 Å². The van der Waals surface area contributed by atoms with E-state index in [0.717, 1.165) is 0 Å². The van der Waals surface area contributed by atoms with Gasteiger partial charge in [0.15, 0.2) is 52.4 Å². The Morgan fingerprint density at radius 1 is 0.667 bits per heavy atom. The second-order valence-corrected chi connectivity index (χ2v) is 10.4. The lowest BCUT2D eigenvalue weighted by atomic mass is 10.3. The molecule has 0 amide bonds. The van der Waals surface area contributed by atoms with E-state index in [1.165, 1.54) is 0 Å². The molecule has 0 radical (unpaired) electrons. The number of benzene rings is 1. The highest BCUT2D eigenvalue weighted by molar-refractivity contribution is 8.22. The second kappa shape index (κ2) is 12.2. The number of hydrogen-bond acceptors (Lipinski definition) is 1. The molecule has 0 fully saturated rings. The summed E-state index contributed by atoms with van der Waals surface area (Å²) in [6.45, 7) is -5.24. The lowest BCUT2D eigenvalue weighted by Gasteiger charge is -2.29. The predicted molar refractivity (Wildman–Crippen MR) is 103 cm³/mol. The molecule has 0 aliphatic heterocycles. The van der Waals surface area contributed by atoms with Gasteiger partial charge in [-0.1, -0.05) is 11.8 Å². The van der Waals surface area contributed by atoms with E-state index < -0.39 is 112 Å². The van der Waals surface area contributed by atoms with E-state index in [4.69, 9.17) is 0 Å². The van der Waals surface area contributed by atoms with E-state index in [2.05, 4.69) is 11.8 Å². The van der Waals surface area contributed by atoms with Crippen LogP contribution in [-0.4, -0.2) is 13.3 Å². The Morgan fingerprint density at radius 2 is 1.08 bits per heavy atom. The van der Waals surface area contributed by atoms with Crippen molar-refractivity contribution in [2.75, 3.05) is 13.3 Å². The molecule has 1 aromatic rings. The maximum atomic E-state index is 14.8. The monoisotopic (exact) mass is 584 g/mol. The number of hydrogen-bond donors (Lipinski definition) is 0. The van der Waals surface area contributed by atoms with E-state index in [0.29, 0.717) is 0 Å². The molecule has 0 aromatic heterocycles. The number of alkyl halides is 2. The Bertz CT molecular complexity index is 1240. The van der Waals surface area contributed by atoms with Gasteiger partial charge in [-0.3, -0.25) is 0 Å². The summed E-state index contributed by atoms with van der Waals surface area (Å²) in [5.41, 5.74) is 0. The molecule has 1 aromatic carbocycles. The van der Waals surface area contributed by atoms with Crippen molar-refractivity contribution in [2.24, 2.45) is 0 Å². The highest BCUT2D eigenvalue weighted by Gasteiger charge is 2.46. The van der Waals surface area contributed by atoms with Crippen LogP contribution in [0.4, 0.5) is 65.9 Å². The van der Waals surface area contributed by atoms with Gasteiger partial charge in [0.2, 0.25) is 5.82 Å². The Morgan fingerprint density at radius 3 is 1.44 bits per heavy atom. The standard InChI is InChI=1S/C19H8F15PS/c1-5(23)17(14(32)9(27)6(24)2-20)35(36,18(8(26)4-22)10(28)7(25)3-21)19-15(33)12(30)11(29)13(31)16(19)34/h2H,3-4H2,1H3/b6-2-,10-7-,14-9-,17-5-,18-8-. The molecule has 0 heterocycles. The summed E-state index contributed by atoms with van der Waals surface area (Å²) in [6, 6.07) is -6.48. The molecule has 0 N–H and O–H groups in total. The zero-order valence-corrected chi connectivity index (χ0v) is 18.7. The third kappa shape index (κ3) is 5.43. The zero-order chi connectivity index (χ0) is 28.3. The van der Waals surface area contributed by atoms with Crippen molar-refractivity contribution in [3.05, 3.63) is 86.8 Å². The van der Waals surface area contributed by atoms with Gasteiger partial charge in [0.25, 0.3) is 0 Å². The first kappa shape index (κ1) is 31.5. The van der Waals surface area contributed by atoms with Gasteiger partial charge >= 0.3 is 0 Å². The fraction of sp³-hybridized carbons (Fsp3) is 0.158. The smallest absolute Gasteiger partial charge is 0.200 e. The fourth-order valence-corrected chi connectivity index (χ4v) is 7.31. The maximum Gasteiger partial charge on any atom is 0.200 e. The minimum Gasteiger partial charge on any atom is -0.243 e. The molecule has 0 saturated heterocycles. The molecule has 0 saturated carbocycles. The van der Waals surface area contributed by atoms with Crippen molar-refractivity contribution in [2.45, 2.75) is 6.92 Å². The van der Waals surface area contributed by atoms with Crippen LogP contribution in [0.3, 0.4) is 0 Å². The van der Waals surface area contributed by atoms with Crippen molar-refractivity contribution in [1.82, 2.24) is 0 Å². The summed E-state index contributed by atoms with van der Waals surface area (Å²) in [6.07, 6.45) is -1.32. The Labute approximate surface area is 196 Å². The summed E-state index contributed by atoms with van der Waals surface area (Å²) < 4.78 is 208.